The van der Waals surface area contributed by atoms with Crippen molar-refractivity contribution in [2.75, 3.05) is 18.5 Å². The molecule has 0 aliphatic rings. The Morgan fingerprint density at radius 2 is 1.67 bits per heavy atom. The molecule has 0 amide bonds. The van der Waals surface area contributed by atoms with Gasteiger partial charge in [-0.05, 0) is 62.8 Å². The maximum atomic E-state index is 5.68. The Hall–Kier alpha value is -2.27. The first-order chi connectivity index (χ1) is 11.6. The Morgan fingerprint density at radius 3 is 2.33 bits per heavy atom. The van der Waals surface area contributed by atoms with Crippen LogP contribution in [0, 0.1) is 0 Å². The molecule has 0 radical (unpaired) electrons. The lowest BCUT2D eigenvalue weighted by molar-refractivity contribution is 0.287. The lowest BCUT2D eigenvalue weighted by Crippen LogP contribution is -2.30. The first-order valence-corrected chi connectivity index (χ1v) is 8.57. The van der Waals surface area contributed by atoms with Crippen molar-refractivity contribution < 1.29 is 9.47 Å². The van der Waals surface area contributed by atoms with Crippen LogP contribution in [0.2, 0.25) is 0 Å². The Kier molecular flexibility index (Phi) is 6.88. The average molecular weight is 344 g/mol. The third-order valence-corrected chi connectivity index (χ3v) is 3.67. The first kappa shape index (κ1) is 18.1. The number of rotatable bonds is 7. The molecule has 0 aromatic heterocycles. The van der Waals surface area contributed by atoms with Crippen molar-refractivity contribution in [1.82, 2.24) is 5.32 Å². The molecule has 2 rings (SSSR count). The van der Waals surface area contributed by atoms with Gasteiger partial charge in [-0.25, -0.2) is 0 Å². The van der Waals surface area contributed by atoms with E-state index in [2.05, 4.69) is 17.6 Å². The van der Waals surface area contributed by atoms with Crippen molar-refractivity contribution in [3.8, 4) is 11.5 Å². The van der Waals surface area contributed by atoms with Crippen molar-refractivity contribution in [3.05, 3.63) is 54.1 Å². The fraction of sp³-hybridized carbons (Fsp3) is 0.316. The average Bonchev–Trinajstić information content (AvgIpc) is 2.57. The molecule has 0 heterocycles. The van der Waals surface area contributed by atoms with Gasteiger partial charge in [0, 0.05) is 5.69 Å². The summed E-state index contributed by atoms with van der Waals surface area (Å²) in [5.74, 6) is 1.52. The number of benzene rings is 2. The van der Waals surface area contributed by atoms with Crippen molar-refractivity contribution in [1.29, 1.82) is 0 Å². The molecule has 5 heteroatoms. The molecule has 2 aromatic rings. The third kappa shape index (κ3) is 5.13. The van der Waals surface area contributed by atoms with Gasteiger partial charge in [0.15, 0.2) is 16.6 Å². The normalized spacial score (nSPS) is 11.5. The molecule has 0 bridgehead atoms. The molecule has 4 nitrogen and oxygen atoms in total. The maximum Gasteiger partial charge on any atom is 0.171 e. The predicted octanol–water partition coefficient (Wildman–Crippen LogP) is 4.53. The van der Waals surface area contributed by atoms with Crippen LogP contribution in [0.15, 0.2) is 48.5 Å². The van der Waals surface area contributed by atoms with Gasteiger partial charge in [0.1, 0.15) is 0 Å². The minimum absolute atomic E-state index is 0.0450. The third-order valence-electron chi connectivity index (χ3n) is 3.45. The molecule has 2 N–H and O–H groups in total. The molecule has 0 saturated heterocycles. The fourth-order valence-electron chi connectivity index (χ4n) is 2.31. The van der Waals surface area contributed by atoms with Crippen LogP contribution in [0.25, 0.3) is 0 Å². The van der Waals surface area contributed by atoms with Crippen molar-refractivity contribution >= 4 is 23.0 Å². The van der Waals surface area contributed by atoms with E-state index in [0.717, 1.165) is 22.7 Å². The largest absolute Gasteiger partial charge is 0.490 e. The summed E-state index contributed by atoms with van der Waals surface area (Å²) in [6.07, 6.45) is 0. The molecule has 0 aliphatic carbocycles. The Labute approximate surface area is 149 Å². The van der Waals surface area contributed by atoms with Crippen LogP contribution in [-0.4, -0.2) is 18.3 Å². The van der Waals surface area contributed by atoms with Crippen molar-refractivity contribution in [2.45, 2.75) is 26.8 Å². The van der Waals surface area contributed by atoms with Crippen LogP contribution >= 0.6 is 12.2 Å². The van der Waals surface area contributed by atoms with Gasteiger partial charge in [0.25, 0.3) is 0 Å². The highest BCUT2D eigenvalue weighted by molar-refractivity contribution is 7.80. The lowest BCUT2D eigenvalue weighted by Gasteiger charge is -2.19. The van der Waals surface area contributed by atoms with Gasteiger partial charge in [-0.1, -0.05) is 24.3 Å². The summed E-state index contributed by atoms with van der Waals surface area (Å²) in [5.41, 5.74) is 2.04. The van der Waals surface area contributed by atoms with Gasteiger partial charge in [-0.2, -0.15) is 0 Å². The van der Waals surface area contributed by atoms with E-state index in [0.29, 0.717) is 18.3 Å². The van der Waals surface area contributed by atoms with Crippen molar-refractivity contribution in [3.63, 3.8) is 0 Å². The van der Waals surface area contributed by atoms with E-state index < -0.39 is 0 Å². The second-order valence-electron chi connectivity index (χ2n) is 5.26. The van der Waals surface area contributed by atoms with Crippen LogP contribution < -0.4 is 20.1 Å². The second kappa shape index (κ2) is 9.13. The van der Waals surface area contributed by atoms with Crippen LogP contribution in [0.4, 0.5) is 5.69 Å². The molecular weight excluding hydrogens is 320 g/mol. The Balaban J connectivity index is 2.04. The summed E-state index contributed by atoms with van der Waals surface area (Å²) in [5, 5.41) is 7.05. The molecule has 1 atom stereocenters. The Morgan fingerprint density at radius 1 is 1.00 bits per heavy atom. The summed E-state index contributed by atoms with van der Waals surface area (Å²) in [6.45, 7) is 7.19. The number of anilines is 1. The predicted molar refractivity (Wildman–Crippen MR) is 103 cm³/mol. The van der Waals surface area contributed by atoms with Gasteiger partial charge in [0.05, 0.1) is 19.3 Å². The van der Waals surface area contributed by atoms with Gasteiger partial charge in [-0.3, -0.25) is 0 Å². The van der Waals surface area contributed by atoms with Crippen LogP contribution in [0.5, 0.6) is 11.5 Å². The van der Waals surface area contributed by atoms with Crippen LogP contribution in [0.3, 0.4) is 0 Å². The Bertz CT molecular complexity index is 662. The quantitative estimate of drug-likeness (QED) is 0.722. The smallest absolute Gasteiger partial charge is 0.171 e. The molecular formula is C19H24N2O2S. The summed E-state index contributed by atoms with van der Waals surface area (Å²) in [7, 11) is 0. The zero-order valence-electron chi connectivity index (χ0n) is 14.3. The molecule has 24 heavy (non-hydrogen) atoms. The lowest BCUT2D eigenvalue weighted by atomic mass is 10.1. The monoisotopic (exact) mass is 344 g/mol. The molecule has 0 aliphatic heterocycles. The van der Waals surface area contributed by atoms with Crippen molar-refractivity contribution in [2.24, 2.45) is 0 Å². The minimum Gasteiger partial charge on any atom is -0.490 e. The molecule has 0 fully saturated rings. The highest BCUT2D eigenvalue weighted by Crippen LogP contribution is 2.30. The molecule has 0 spiro atoms. The number of para-hydroxylation sites is 1. The standard InChI is InChI=1S/C19H24N2O2S/c1-4-22-17-12-11-15(13-18(17)23-5-2)14(3)20-19(24)21-16-9-7-6-8-10-16/h6-14H,4-5H2,1-3H3,(H2,20,21,24)/t14-/m1/s1. The summed E-state index contributed by atoms with van der Waals surface area (Å²) < 4.78 is 11.3. The highest BCUT2D eigenvalue weighted by atomic mass is 32.1. The summed E-state index contributed by atoms with van der Waals surface area (Å²) in [4.78, 5) is 0. The number of nitrogens with one attached hydrogen (secondary N) is 2. The van der Waals surface area contributed by atoms with Gasteiger partial charge in [0.2, 0.25) is 0 Å². The number of ether oxygens (including phenoxy) is 2. The summed E-state index contributed by atoms with van der Waals surface area (Å²) >= 11 is 5.39. The highest BCUT2D eigenvalue weighted by Gasteiger charge is 2.12. The minimum atomic E-state index is 0.0450. The van der Waals surface area contributed by atoms with E-state index in [9.17, 15) is 0 Å². The van der Waals surface area contributed by atoms with Gasteiger partial charge < -0.3 is 20.1 Å². The fourth-order valence-corrected chi connectivity index (χ4v) is 2.60. The topological polar surface area (TPSA) is 42.5 Å². The first-order valence-electron chi connectivity index (χ1n) is 8.16. The van der Waals surface area contributed by atoms with Gasteiger partial charge >= 0.3 is 0 Å². The molecule has 0 unspecified atom stereocenters. The van der Waals surface area contributed by atoms with E-state index in [1.807, 2.05) is 62.4 Å². The zero-order chi connectivity index (χ0) is 17.4. The van der Waals surface area contributed by atoms with E-state index in [-0.39, 0.29) is 6.04 Å². The SMILES string of the molecule is CCOc1ccc([C@@H](C)NC(=S)Nc2ccccc2)cc1OCC. The zero-order valence-corrected chi connectivity index (χ0v) is 15.2. The van der Waals surface area contributed by atoms with E-state index in [1.54, 1.807) is 0 Å². The summed E-state index contributed by atoms with van der Waals surface area (Å²) in [6, 6.07) is 15.9. The van der Waals surface area contributed by atoms with E-state index in [4.69, 9.17) is 21.7 Å². The molecule has 0 saturated carbocycles. The van der Waals surface area contributed by atoms with Crippen LogP contribution in [-0.2, 0) is 0 Å². The molecule has 2 aromatic carbocycles. The van der Waals surface area contributed by atoms with E-state index >= 15 is 0 Å². The number of hydrogen-bond acceptors (Lipinski definition) is 3. The van der Waals surface area contributed by atoms with Crippen LogP contribution in [0.1, 0.15) is 32.4 Å². The second-order valence-corrected chi connectivity index (χ2v) is 5.67. The van der Waals surface area contributed by atoms with E-state index in [1.165, 1.54) is 0 Å². The van der Waals surface area contributed by atoms with Gasteiger partial charge in [-0.15, -0.1) is 0 Å². The number of thiocarbonyl (C=S) groups is 1. The number of hydrogen-bond donors (Lipinski definition) is 2. The molecule has 128 valence electrons. The maximum absolute atomic E-state index is 5.68.